The molecule has 4 N–H and O–H groups in total. The molecule has 0 radical (unpaired) electrons. The Hall–Kier alpha value is -1.50. The molecule has 0 spiro atoms. The molecule has 0 saturated carbocycles. The molecule has 1 aliphatic rings. The number of urea groups is 2. The molecule has 0 unspecified atom stereocenters. The number of hydrogen-bond acceptors (Lipinski definition) is 3. The van der Waals surface area contributed by atoms with Crippen molar-refractivity contribution >= 4 is 12.1 Å². The molecule has 0 aromatic carbocycles. The van der Waals surface area contributed by atoms with Gasteiger partial charge in [-0.1, -0.05) is 0 Å². The van der Waals surface area contributed by atoms with E-state index in [-0.39, 0.29) is 32.2 Å². The van der Waals surface area contributed by atoms with Crippen LogP contribution in [0.3, 0.4) is 0 Å². The van der Waals surface area contributed by atoms with Crippen molar-refractivity contribution in [1.82, 2.24) is 21.3 Å². The summed E-state index contributed by atoms with van der Waals surface area (Å²) in [6.45, 7) is 0.246. The zero-order chi connectivity index (χ0) is 8.81. The van der Waals surface area contributed by atoms with Gasteiger partial charge in [0.25, 0.3) is 0 Å². The Morgan fingerprint density at radius 2 is 1.42 bits per heavy atom. The van der Waals surface area contributed by atoms with Gasteiger partial charge < -0.3 is 26.0 Å². The number of rotatable bonds is 0. The highest BCUT2D eigenvalue weighted by molar-refractivity contribution is 5.76. The Morgan fingerprint density at radius 1 is 0.917 bits per heavy atom. The largest absolute Gasteiger partial charge is 0.341 e. The fourth-order valence-electron chi connectivity index (χ4n) is 0.614. The minimum atomic E-state index is -0.378. The van der Waals surface area contributed by atoms with Gasteiger partial charge in [-0.25, -0.2) is 9.59 Å². The second-order valence-corrected chi connectivity index (χ2v) is 2.03. The average Bonchev–Trinajstić information content (AvgIpc) is 2.04. The van der Waals surface area contributed by atoms with Crippen LogP contribution in [0.25, 0.3) is 0 Å². The lowest BCUT2D eigenvalue weighted by Gasteiger charge is -2.13. The lowest BCUT2D eigenvalue weighted by molar-refractivity contribution is 0.106. The molecule has 68 valence electrons. The van der Waals surface area contributed by atoms with Gasteiger partial charge in [-0.15, -0.1) is 0 Å². The summed E-state index contributed by atoms with van der Waals surface area (Å²) >= 11 is 0. The molecule has 1 fully saturated rings. The summed E-state index contributed by atoms with van der Waals surface area (Å²) in [5, 5.41) is 9.57. The van der Waals surface area contributed by atoms with Crippen LogP contribution in [0.4, 0.5) is 9.59 Å². The predicted molar refractivity (Wildman–Crippen MR) is 39.0 cm³/mol. The molecule has 7 heteroatoms. The van der Waals surface area contributed by atoms with E-state index in [2.05, 4.69) is 21.3 Å². The predicted octanol–water partition coefficient (Wildman–Crippen LogP) is -1.51. The highest BCUT2D eigenvalue weighted by atomic mass is 16.5. The van der Waals surface area contributed by atoms with Gasteiger partial charge >= 0.3 is 12.1 Å². The van der Waals surface area contributed by atoms with Crippen molar-refractivity contribution in [2.45, 2.75) is 0 Å². The van der Waals surface area contributed by atoms with Crippen LogP contribution in [0.2, 0.25) is 0 Å². The van der Waals surface area contributed by atoms with E-state index < -0.39 is 0 Å². The first kappa shape index (κ1) is 8.60. The van der Waals surface area contributed by atoms with Gasteiger partial charge in [-0.3, -0.25) is 0 Å². The topological polar surface area (TPSA) is 91.5 Å². The van der Waals surface area contributed by atoms with Crippen molar-refractivity contribution in [2.24, 2.45) is 0 Å². The fraction of sp³-hybridized carbons (Fsp3) is 0.600. The first-order chi connectivity index (χ1) is 5.79. The number of carbonyl (C=O) groups is 2. The maximum absolute atomic E-state index is 10.7. The number of carbonyl (C=O) groups excluding carboxylic acids is 2. The molecular weight excluding hydrogens is 164 g/mol. The first-order valence-corrected chi connectivity index (χ1v) is 3.40. The third-order valence-corrected chi connectivity index (χ3v) is 1.17. The van der Waals surface area contributed by atoms with Crippen LogP contribution in [-0.2, 0) is 4.74 Å². The summed E-state index contributed by atoms with van der Waals surface area (Å²) in [4.78, 5) is 21.5. The van der Waals surface area contributed by atoms with E-state index in [1.165, 1.54) is 0 Å². The van der Waals surface area contributed by atoms with E-state index >= 15 is 0 Å². The molecule has 12 heavy (non-hydrogen) atoms. The first-order valence-electron chi connectivity index (χ1n) is 3.40. The molecule has 4 amide bonds. The maximum Gasteiger partial charge on any atom is 0.317 e. The number of nitrogens with one attached hydrogen (secondary N) is 4. The summed E-state index contributed by atoms with van der Waals surface area (Å²) in [7, 11) is 0. The summed E-state index contributed by atoms with van der Waals surface area (Å²) in [6.07, 6.45) is 0. The number of hydrogen-bond donors (Lipinski definition) is 4. The number of ether oxygens (including phenoxy) is 1. The minimum absolute atomic E-state index is 0.0755. The zero-order valence-electron chi connectivity index (χ0n) is 6.35. The molecule has 1 aliphatic heterocycles. The van der Waals surface area contributed by atoms with Crippen LogP contribution in [0, 0.1) is 0 Å². The Morgan fingerprint density at radius 3 is 1.92 bits per heavy atom. The quantitative estimate of drug-likeness (QED) is 0.359. The Balaban J connectivity index is 2.31. The van der Waals surface area contributed by atoms with E-state index in [4.69, 9.17) is 4.74 Å². The van der Waals surface area contributed by atoms with E-state index in [1.54, 1.807) is 0 Å². The van der Waals surface area contributed by atoms with Gasteiger partial charge in [-0.05, 0) is 0 Å². The van der Waals surface area contributed by atoms with Crippen LogP contribution in [0.1, 0.15) is 0 Å². The molecule has 1 heterocycles. The monoisotopic (exact) mass is 174 g/mol. The lowest BCUT2D eigenvalue weighted by Crippen LogP contribution is -2.48. The van der Waals surface area contributed by atoms with Gasteiger partial charge in [0, 0.05) is 0 Å². The average molecular weight is 174 g/mol. The highest BCUT2D eigenvalue weighted by Crippen LogP contribution is 1.72. The zero-order valence-corrected chi connectivity index (χ0v) is 6.35. The normalized spacial score (nSPS) is 19.7. The van der Waals surface area contributed by atoms with E-state index in [0.29, 0.717) is 0 Å². The molecule has 1 saturated heterocycles. The fourth-order valence-corrected chi connectivity index (χ4v) is 0.614. The molecule has 7 nitrogen and oxygen atoms in total. The SMILES string of the molecule is O=C1NCNC(=O)NCOCN1. The van der Waals surface area contributed by atoms with Crippen LogP contribution in [0.5, 0.6) is 0 Å². The van der Waals surface area contributed by atoms with E-state index in [9.17, 15) is 9.59 Å². The second kappa shape index (κ2) is 4.39. The summed E-state index contributed by atoms with van der Waals surface area (Å²) in [5.74, 6) is 0. The summed E-state index contributed by atoms with van der Waals surface area (Å²) in [5.41, 5.74) is 0. The summed E-state index contributed by atoms with van der Waals surface area (Å²) in [6, 6.07) is -0.755. The van der Waals surface area contributed by atoms with Crippen LogP contribution < -0.4 is 21.3 Å². The van der Waals surface area contributed by atoms with Crippen molar-refractivity contribution in [1.29, 1.82) is 0 Å². The Labute approximate surface area is 68.8 Å². The van der Waals surface area contributed by atoms with Crippen molar-refractivity contribution < 1.29 is 14.3 Å². The molecule has 0 aromatic rings. The molecule has 0 aliphatic carbocycles. The van der Waals surface area contributed by atoms with Crippen molar-refractivity contribution in [3.8, 4) is 0 Å². The Kier molecular flexibility index (Phi) is 3.15. The molecule has 1 rings (SSSR count). The van der Waals surface area contributed by atoms with Gasteiger partial charge in [0.15, 0.2) is 0 Å². The molecule has 0 bridgehead atoms. The van der Waals surface area contributed by atoms with E-state index in [0.717, 1.165) is 0 Å². The van der Waals surface area contributed by atoms with Crippen molar-refractivity contribution in [2.75, 3.05) is 20.1 Å². The van der Waals surface area contributed by atoms with Crippen molar-refractivity contribution in [3.63, 3.8) is 0 Å². The lowest BCUT2D eigenvalue weighted by atomic mass is 10.8. The number of amides is 4. The van der Waals surface area contributed by atoms with Gasteiger partial charge in [0.2, 0.25) is 0 Å². The second-order valence-electron chi connectivity index (χ2n) is 2.03. The smallest absolute Gasteiger partial charge is 0.317 e. The van der Waals surface area contributed by atoms with Crippen LogP contribution >= 0.6 is 0 Å². The minimum Gasteiger partial charge on any atom is -0.341 e. The molecule has 0 aromatic heterocycles. The third kappa shape index (κ3) is 3.06. The molecular formula is C5H10N4O3. The van der Waals surface area contributed by atoms with Gasteiger partial charge in [-0.2, -0.15) is 0 Å². The Bertz CT molecular complexity index is 166. The third-order valence-electron chi connectivity index (χ3n) is 1.17. The summed E-state index contributed by atoms with van der Waals surface area (Å²) < 4.78 is 4.81. The van der Waals surface area contributed by atoms with Crippen LogP contribution in [-0.4, -0.2) is 32.2 Å². The highest BCUT2D eigenvalue weighted by Gasteiger charge is 2.03. The van der Waals surface area contributed by atoms with E-state index in [1.807, 2.05) is 0 Å². The maximum atomic E-state index is 10.7. The van der Waals surface area contributed by atoms with Gasteiger partial charge in [0.1, 0.15) is 13.5 Å². The molecule has 0 atom stereocenters. The van der Waals surface area contributed by atoms with Crippen LogP contribution in [0.15, 0.2) is 0 Å². The van der Waals surface area contributed by atoms with Crippen molar-refractivity contribution in [3.05, 3.63) is 0 Å². The van der Waals surface area contributed by atoms with Gasteiger partial charge in [0.05, 0.1) is 6.67 Å². The standard InChI is InChI=1S/C5H10N4O3/c10-4-6-1-7-5(11)9-3-12-2-8-4/h1-3H2,(H2,6,8,10)(H2,7,9,11).